The molecule has 0 spiro atoms. The van der Waals surface area contributed by atoms with Crippen LogP contribution in [0.25, 0.3) is 11.1 Å². The summed E-state index contributed by atoms with van der Waals surface area (Å²) in [5.41, 5.74) is 4.20. The summed E-state index contributed by atoms with van der Waals surface area (Å²) >= 11 is 0. The summed E-state index contributed by atoms with van der Waals surface area (Å²) in [4.78, 5) is 0. The summed E-state index contributed by atoms with van der Waals surface area (Å²) in [5.74, 6) is 0.756. The van der Waals surface area contributed by atoms with Crippen LogP contribution in [-0.2, 0) is 11.8 Å². The Morgan fingerprint density at radius 2 is 1.61 bits per heavy atom. The smallest absolute Gasteiger partial charge is 0.131 e. The quantitative estimate of drug-likeness (QED) is 0.404. The van der Waals surface area contributed by atoms with Crippen molar-refractivity contribution >= 4 is 0 Å². The molecule has 0 amide bonds. The number of aryl methyl sites for hydroxylation is 1. The lowest BCUT2D eigenvalue weighted by Crippen LogP contribution is -2.17. The van der Waals surface area contributed by atoms with Crippen molar-refractivity contribution in [3.63, 3.8) is 0 Å². The van der Waals surface area contributed by atoms with E-state index in [4.69, 9.17) is 4.74 Å². The van der Waals surface area contributed by atoms with Crippen LogP contribution in [0.1, 0.15) is 44.7 Å². The van der Waals surface area contributed by atoms with Gasteiger partial charge in [0.25, 0.3) is 0 Å². The van der Waals surface area contributed by atoms with Crippen LogP contribution in [0.3, 0.4) is 0 Å². The van der Waals surface area contributed by atoms with Gasteiger partial charge in [-0.05, 0) is 72.6 Å². The number of ether oxygens (including phenoxy) is 1. The van der Waals surface area contributed by atoms with Gasteiger partial charge in [-0.25, -0.2) is 4.39 Å². The van der Waals surface area contributed by atoms with Gasteiger partial charge in [0, 0.05) is 5.56 Å². The molecule has 0 heterocycles. The van der Waals surface area contributed by atoms with Crippen molar-refractivity contribution in [3.8, 4) is 16.9 Å². The average molecular weight is 377 g/mol. The minimum Gasteiger partial charge on any atom is -0.494 e. The molecular weight excluding hydrogens is 347 g/mol. The number of rotatable bonds is 8. The Morgan fingerprint density at radius 1 is 0.893 bits per heavy atom. The van der Waals surface area contributed by atoms with Gasteiger partial charge in [-0.1, -0.05) is 62.4 Å². The summed E-state index contributed by atoms with van der Waals surface area (Å²) in [6, 6.07) is 23.7. The minimum absolute atomic E-state index is 0.0903. The Kier molecular flexibility index (Phi) is 6.51. The lowest BCUT2D eigenvalue weighted by molar-refractivity contribution is 0.339. The van der Waals surface area contributed by atoms with E-state index in [1.54, 1.807) is 6.07 Å². The Hall–Kier alpha value is -2.61. The van der Waals surface area contributed by atoms with Gasteiger partial charge in [-0.15, -0.1) is 0 Å². The van der Waals surface area contributed by atoms with Crippen molar-refractivity contribution in [2.24, 2.45) is 0 Å². The molecule has 0 bridgehead atoms. The molecule has 0 atom stereocenters. The lowest BCUT2D eigenvalue weighted by Gasteiger charge is -2.25. The van der Waals surface area contributed by atoms with E-state index in [0.717, 1.165) is 30.6 Å². The molecule has 0 N–H and O–H groups in total. The number of halogens is 1. The molecule has 0 saturated heterocycles. The number of hydrogen-bond donors (Lipinski definition) is 0. The van der Waals surface area contributed by atoms with E-state index < -0.39 is 0 Å². The topological polar surface area (TPSA) is 9.23 Å². The fourth-order valence-electron chi connectivity index (χ4n) is 3.61. The summed E-state index contributed by atoms with van der Waals surface area (Å²) in [6.07, 6.45) is 3.07. The van der Waals surface area contributed by atoms with Crippen LogP contribution in [0.15, 0.2) is 72.8 Å². The first-order valence-corrected chi connectivity index (χ1v) is 10.1. The molecule has 0 aliphatic rings. The van der Waals surface area contributed by atoms with Gasteiger partial charge in [0.1, 0.15) is 11.6 Å². The van der Waals surface area contributed by atoms with Gasteiger partial charge in [-0.2, -0.15) is 0 Å². The lowest BCUT2D eigenvalue weighted by atomic mass is 9.80. The molecule has 0 aliphatic heterocycles. The van der Waals surface area contributed by atoms with Crippen LogP contribution in [0.5, 0.6) is 5.75 Å². The summed E-state index contributed by atoms with van der Waals surface area (Å²) in [7, 11) is 0. The second kappa shape index (κ2) is 9.05. The first-order valence-electron chi connectivity index (χ1n) is 10.1. The van der Waals surface area contributed by atoms with E-state index in [1.807, 2.05) is 61.5 Å². The maximum Gasteiger partial charge on any atom is 0.131 e. The van der Waals surface area contributed by atoms with E-state index in [1.165, 1.54) is 11.1 Å². The van der Waals surface area contributed by atoms with Gasteiger partial charge >= 0.3 is 0 Å². The van der Waals surface area contributed by atoms with Crippen LogP contribution < -0.4 is 4.74 Å². The zero-order chi connectivity index (χ0) is 20.0. The van der Waals surface area contributed by atoms with Crippen LogP contribution in [0.2, 0.25) is 0 Å². The van der Waals surface area contributed by atoms with Crippen LogP contribution in [-0.4, -0.2) is 6.61 Å². The first kappa shape index (κ1) is 20.1. The molecule has 0 radical (unpaired) electrons. The molecule has 2 heteroatoms. The minimum atomic E-state index is -0.162. The number of benzene rings is 3. The van der Waals surface area contributed by atoms with Crippen molar-refractivity contribution in [2.75, 3.05) is 6.61 Å². The predicted octanol–water partition coefficient (Wildman–Crippen LogP) is 7.19. The standard InChI is InChI=1S/C26H29FO/c1-4-28-23-15-13-22(14-16-23)26(2,3)18-8-9-20-12-17-25(27)24(19-20)21-10-6-5-7-11-21/h5-7,10-17,19H,4,8-9,18H2,1-3H3. The normalized spacial score (nSPS) is 11.4. The fourth-order valence-corrected chi connectivity index (χ4v) is 3.61. The molecule has 0 unspecified atom stereocenters. The Balaban J connectivity index is 1.64. The zero-order valence-electron chi connectivity index (χ0n) is 17.0. The maximum absolute atomic E-state index is 14.3. The molecule has 0 aromatic heterocycles. The van der Waals surface area contributed by atoms with Crippen molar-refractivity contribution in [2.45, 2.75) is 45.4 Å². The first-order chi connectivity index (χ1) is 13.5. The highest BCUT2D eigenvalue weighted by molar-refractivity contribution is 5.64. The Bertz CT molecular complexity index is 882. The van der Waals surface area contributed by atoms with E-state index in [9.17, 15) is 4.39 Å². The molecule has 0 fully saturated rings. The fraction of sp³-hybridized carbons (Fsp3) is 0.308. The molecule has 3 aromatic carbocycles. The highest BCUT2D eigenvalue weighted by Crippen LogP contribution is 2.31. The van der Waals surface area contributed by atoms with Crippen molar-refractivity contribution < 1.29 is 9.13 Å². The van der Waals surface area contributed by atoms with Crippen molar-refractivity contribution in [1.82, 2.24) is 0 Å². The largest absolute Gasteiger partial charge is 0.494 e. The molecule has 0 saturated carbocycles. The van der Waals surface area contributed by atoms with E-state index in [2.05, 4.69) is 26.0 Å². The molecule has 3 aromatic rings. The summed E-state index contributed by atoms with van der Waals surface area (Å²) < 4.78 is 19.8. The zero-order valence-corrected chi connectivity index (χ0v) is 17.0. The Morgan fingerprint density at radius 3 is 2.29 bits per heavy atom. The van der Waals surface area contributed by atoms with Crippen LogP contribution >= 0.6 is 0 Å². The third-order valence-electron chi connectivity index (χ3n) is 5.33. The highest BCUT2D eigenvalue weighted by Gasteiger charge is 2.20. The Labute approximate surface area is 168 Å². The predicted molar refractivity (Wildman–Crippen MR) is 115 cm³/mol. The third kappa shape index (κ3) is 5.01. The molecule has 3 rings (SSSR count). The molecule has 1 nitrogen and oxygen atoms in total. The molecule has 146 valence electrons. The second-order valence-corrected chi connectivity index (χ2v) is 7.88. The van der Waals surface area contributed by atoms with Gasteiger partial charge in [0.15, 0.2) is 0 Å². The van der Waals surface area contributed by atoms with Crippen molar-refractivity contribution in [3.05, 3.63) is 89.7 Å². The average Bonchev–Trinajstić information content (AvgIpc) is 2.70. The molecule has 0 aliphatic carbocycles. The van der Waals surface area contributed by atoms with Gasteiger partial charge in [-0.3, -0.25) is 0 Å². The number of hydrogen-bond acceptors (Lipinski definition) is 1. The summed E-state index contributed by atoms with van der Waals surface area (Å²) in [6.45, 7) is 7.24. The van der Waals surface area contributed by atoms with E-state index in [-0.39, 0.29) is 11.2 Å². The molecule has 28 heavy (non-hydrogen) atoms. The SMILES string of the molecule is CCOc1ccc(C(C)(C)CCCc2ccc(F)c(-c3ccccc3)c2)cc1. The monoisotopic (exact) mass is 376 g/mol. The second-order valence-electron chi connectivity index (χ2n) is 7.88. The van der Waals surface area contributed by atoms with E-state index in [0.29, 0.717) is 12.2 Å². The third-order valence-corrected chi connectivity index (χ3v) is 5.33. The van der Waals surface area contributed by atoms with E-state index >= 15 is 0 Å². The van der Waals surface area contributed by atoms with Gasteiger partial charge in [0.05, 0.1) is 6.61 Å². The summed E-state index contributed by atoms with van der Waals surface area (Å²) in [5, 5.41) is 0. The van der Waals surface area contributed by atoms with Crippen LogP contribution in [0.4, 0.5) is 4.39 Å². The van der Waals surface area contributed by atoms with Gasteiger partial charge < -0.3 is 4.74 Å². The van der Waals surface area contributed by atoms with Crippen molar-refractivity contribution in [1.29, 1.82) is 0 Å². The van der Waals surface area contributed by atoms with Gasteiger partial charge in [0.2, 0.25) is 0 Å². The molecular formula is C26H29FO. The van der Waals surface area contributed by atoms with Crippen LogP contribution in [0, 0.1) is 5.82 Å². The maximum atomic E-state index is 14.3. The highest BCUT2D eigenvalue weighted by atomic mass is 19.1.